The summed E-state index contributed by atoms with van der Waals surface area (Å²) in [5, 5.41) is 7.18. The fraction of sp³-hybridized carbons (Fsp3) is 0.222. The standard InChI is InChI=1S/C27H25F3N4O3/c1-3-36-15-16-37-26-32-24(20-5-4-6-21(17-20)27(28,29)30)34(33-26)23-13-11-22(12-14-23)31-25(35)19-9-7-18(2)8-10-19/h4-14,17H,3,15-16H2,1-2H3,(H,31,35). The Balaban J connectivity index is 1.62. The number of nitrogens with one attached hydrogen (secondary N) is 1. The summed E-state index contributed by atoms with van der Waals surface area (Å²) in [4.78, 5) is 16.9. The van der Waals surface area contributed by atoms with Gasteiger partial charge in [-0.1, -0.05) is 29.8 Å². The molecule has 0 aliphatic rings. The lowest BCUT2D eigenvalue weighted by Crippen LogP contribution is -2.12. The van der Waals surface area contributed by atoms with Crippen LogP contribution in [0.25, 0.3) is 17.1 Å². The SMILES string of the molecule is CCOCCOc1nc(-c2cccc(C(F)(F)F)c2)n(-c2ccc(NC(=O)c3ccc(C)cc3)cc2)n1. The average Bonchev–Trinajstić information content (AvgIpc) is 3.31. The minimum Gasteiger partial charge on any atom is -0.460 e. The predicted molar refractivity (Wildman–Crippen MR) is 133 cm³/mol. The quantitative estimate of drug-likeness (QED) is 0.283. The molecular weight excluding hydrogens is 485 g/mol. The first kappa shape index (κ1) is 25.9. The highest BCUT2D eigenvalue weighted by Crippen LogP contribution is 2.33. The summed E-state index contributed by atoms with van der Waals surface area (Å²) in [7, 11) is 0. The van der Waals surface area contributed by atoms with Crippen molar-refractivity contribution >= 4 is 11.6 Å². The fourth-order valence-electron chi connectivity index (χ4n) is 3.49. The molecule has 1 aromatic heterocycles. The van der Waals surface area contributed by atoms with Crippen LogP contribution in [0.3, 0.4) is 0 Å². The monoisotopic (exact) mass is 510 g/mol. The van der Waals surface area contributed by atoms with Crippen molar-refractivity contribution in [1.29, 1.82) is 0 Å². The van der Waals surface area contributed by atoms with Gasteiger partial charge in [0.1, 0.15) is 6.61 Å². The van der Waals surface area contributed by atoms with Gasteiger partial charge in [0.2, 0.25) is 0 Å². The van der Waals surface area contributed by atoms with Crippen molar-refractivity contribution in [3.8, 4) is 23.1 Å². The Morgan fingerprint density at radius 1 is 1.00 bits per heavy atom. The van der Waals surface area contributed by atoms with Crippen LogP contribution in [0, 0.1) is 6.92 Å². The van der Waals surface area contributed by atoms with Crippen LogP contribution in [0.2, 0.25) is 0 Å². The largest absolute Gasteiger partial charge is 0.460 e. The summed E-state index contributed by atoms with van der Waals surface area (Å²) in [5.41, 5.74) is 2.06. The molecule has 0 aliphatic heterocycles. The molecule has 3 aromatic carbocycles. The van der Waals surface area contributed by atoms with Gasteiger partial charge in [-0.05, 0) is 62.4 Å². The molecule has 4 rings (SSSR count). The second-order valence-corrected chi connectivity index (χ2v) is 8.12. The zero-order valence-electron chi connectivity index (χ0n) is 20.2. The third-order valence-corrected chi connectivity index (χ3v) is 5.38. The van der Waals surface area contributed by atoms with E-state index in [0.29, 0.717) is 30.2 Å². The first-order chi connectivity index (χ1) is 17.7. The second-order valence-electron chi connectivity index (χ2n) is 8.12. The molecule has 0 radical (unpaired) electrons. The summed E-state index contributed by atoms with van der Waals surface area (Å²) >= 11 is 0. The number of aryl methyl sites for hydroxylation is 1. The summed E-state index contributed by atoms with van der Waals surface area (Å²) in [6, 6.07) is 18.8. The highest BCUT2D eigenvalue weighted by molar-refractivity contribution is 6.04. The van der Waals surface area contributed by atoms with E-state index >= 15 is 0 Å². The van der Waals surface area contributed by atoms with E-state index in [4.69, 9.17) is 9.47 Å². The summed E-state index contributed by atoms with van der Waals surface area (Å²) in [6.45, 7) is 4.82. The molecule has 10 heteroatoms. The second kappa shape index (κ2) is 11.3. The van der Waals surface area contributed by atoms with Crippen LogP contribution in [0.15, 0.2) is 72.8 Å². The molecule has 0 atom stereocenters. The van der Waals surface area contributed by atoms with Crippen molar-refractivity contribution in [2.24, 2.45) is 0 Å². The molecule has 0 spiro atoms. The minimum absolute atomic E-state index is 0.00358. The Bertz CT molecular complexity index is 1350. The summed E-state index contributed by atoms with van der Waals surface area (Å²) in [6.07, 6.45) is -4.50. The molecule has 0 aliphatic carbocycles. The third-order valence-electron chi connectivity index (χ3n) is 5.38. The topological polar surface area (TPSA) is 78.3 Å². The Morgan fingerprint density at radius 3 is 2.41 bits per heavy atom. The van der Waals surface area contributed by atoms with E-state index in [0.717, 1.165) is 17.7 Å². The van der Waals surface area contributed by atoms with Gasteiger partial charge in [0.15, 0.2) is 5.82 Å². The number of anilines is 1. The number of halogens is 3. The average molecular weight is 511 g/mol. The number of alkyl halides is 3. The molecular formula is C27H25F3N4O3. The lowest BCUT2D eigenvalue weighted by Gasteiger charge is -2.10. The highest BCUT2D eigenvalue weighted by atomic mass is 19.4. The molecule has 7 nitrogen and oxygen atoms in total. The first-order valence-corrected chi connectivity index (χ1v) is 11.6. The van der Waals surface area contributed by atoms with Crippen molar-refractivity contribution in [3.63, 3.8) is 0 Å². The Kier molecular flexibility index (Phi) is 7.88. The number of amides is 1. The van der Waals surface area contributed by atoms with Crippen molar-refractivity contribution in [1.82, 2.24) is 14.8 Å². The van der Waals surface area contributed by atoms with Gasteiger partial charge in [0.25, 0.3) is 5.91 Å². The Hall–Kier alpha value is -4.18. The fourth-order valence-corrected chi connectivity index (χ4v) is 3.49. The van der Waals surface area contributed by atoms with E-state index in [-0.39, 0.29) is 29.9 Å². The summed E-state index contributed by atoms with van der Waals surface area (Å²) < 4.78 is 52.2. The van der Waals surface area contributed by atoms with E-state index < -0.39 is 11.7 Å². The predicted octanol–water partition coefficient (Wildman–Crippen LogP) is 5.93. The molecule has 0 saturated heterocycles. The van der Waals surface area contributed by atoms with E-state index in [1.54, 1.807) is 36.4 Å². The molecule has 0 bridgehead atoms. The third kappa shape index (κ3) is 6.53. The van der Waals surface area contributed by atoms with Gasteiger partial charge in [-0.25, -0.2) is 4.68 Å². The van der Waals surface area contributed by atoms with Crippen LogP contribution < -0.4 is 10.1 Å². The number of rotatable bonds is 9. The van der Waals surface area contributed by atoms with Crippen LogP contribution in [0.5, 0.6) is 6.01 Å². The molecule has 1 heterocycles. The molecule has 1 amide bonds. The van der Waals surface area contributed by atoms with Gasteiger partial charge in [-0.3, -0.25) is 4.79 Å². The maximum absolute atomic E-state index is 13.3. The maximum atomic E-state index is 13.3. The van der Waals surface area contributed by atoms with Gasteiger partial charge in [0.05, 0.1) is 17.9 Å². The number of carbonyl (C=O) groups is 1. The van der Waals surface area contributed by atoms with Crippen molar-refractivity contribution in [2.75, 3.05) is 25.1 Å². The van der Waals surface area contributed by atoms with Gasteiger partial charge in [-0.15, -0.1) is 5.10 Å². The van der Waals surface area contributed by atoms with E-state index in [1.807, 2.05) is 26.0 Å². The number of benzene rings is 3. The van der Waals surface area contributed by atoms with Crippen molar-refractivity contribution in [2.45, 2.75) is 20.0 Å². The molecule has 0 fully saturated rings. The van der Waals surface area contributed by atoms with E-state index in [2.05, 4.69) is 15.4 Å². The first-order valence-electron chi connectivity index (χ1n) is 11.6. The number of nitrogens with zero attached hydrogens (tertiary/aromatic N) is 3. The number of hydrogen-bond acceptors (Lipinski definition) is 5. The maximum Gasteiger partial charge on any atom is 0.416 e. The normalized spacial score (nSPS) is 11.4. The summed E-state index contributed by atoms with van der Waals surface area (Å²) in [5.74, 6) is -0.0860. The molecule has 0 saturated carbocycles. The van der Waals surface area contributed by atoms with Gasteiger partial charge < -0.3 is 14.8 Å². The van der Waals surface area contributed by atoms with Crippen LogP contribution in [0.1, 0.15) is 28.4 Å². The highest BCUT2D eigenvalue weighted by Gasteiger charge is 2.31. The van der Waals surface area contributed by atoms with E-state index in [9.17, 15) is 18.0 Å². The lowest BCUT2D eigenvalue weighted by atomic mass is 10.1. The van der Waals surface area contributed by atoms with Crippen LogP contribution >= 0.6 is 0 Å². The Morgan fingerprint density at radius 2 is 1.73 bits per heavy atom. The van der Waals surface area contributed by atoms with E-state index in [1.165, 1.54) is 16.8 Å². The zero-order valence-corrected chi connectivity index (χ0v) is 20.2. The van der Waals surface area contributed by atoms with Crippen LogP contribution in [0.4, 0.5) is 18.9 Å². The number of ether oxygens (including phenoxy) is 2. The lowest BCUT2D eigenvalue weighted by molar-refractivity contribution is -0.137. The van der Waals surface area contributed by atoms with Crippen LogP contribution in [-0.2, 0) is 10.9 Å². The molecule has 37 heavy (non-hydrogen) atoms. The van der Waals surface area contributed by atoms with Gasteiger partial charge in [0, 0.05) is 23.4 Å². The smallest absolute Gasteiger partial charge is 0.416 e. The van der Waals surface area contributed by atoms with Crippen molar-refractivity contribution < 1.29 is 27.4 Å². The van der Waals surface area contributed by atoms with Crippen molar-refractivity contribution in [3.05, 3.63) is 89.5 Å². The Labute approximate surface area is 211 Å². The number of carbonyl (C=O) groups excluding carboxylic acids is 1. The molecule has 192 valence electrons. The zero-order chi connectivity index (χ0) is 26.4. The van der Waals surface area contributed by atoms with Crippen LogP contribution in [-0.4, -0.2) is 40.5 Å². The molecule has 0 unspecified atom stereocenters. The minimum atomic E-state index is -4.50. The number of hydrogen-bond donors (Lipinski definition) is 1. The number of aromatic nitrogens is 3. The van der Waals surface area contributed by atoms with Gasteiger partial charge in [-0.2, -0.15) is 18.2 Å². The molecule has 1 N–H and O–H groups in total. The molecule has 4 aromatic rings. The van der Waals surface area contributed by atoms with Gasteiger partial charge >= 0.3 is 12.2 Å².